The quantitative estimate of drug-likeness (QED) is 0.703. The number of carbonyl (C=O) groups excluding carboxylic acids is 1. The highest BCUT2D eigenvalue weighted by Crippen LogP contribution is 2.35. The molecule has 1 aliphatic carbocycles. The van der Waals surface area contributed by atoms with E-state index in [1.165, 1.54) is 5.56 Å². The predicted octanol–water partition coefficient (Wildman–Crippen LogP) is 3.15. The van der Waals surface area contributed by atoms with Crippen molar-refractivity contribution < 1.29 is 4.79 Å². The summed E-state index contributed by atoms with van der Waals surface area (Å²) in [5.41, 5.74) is 2.70. The Kier molecular flexibility index (Phi) is 5.24. The molecule has 2 aromatic heterocycles. The molecule has 0 saturated carbocycles. The van der Waals surface area contributed by atoms with Gasteiger partial charge in [0.1, 0.15) is 11.6 Å². The SMILES string of the molecule is CNc1nc(N2CCN(c3ccccn3)CC2)nc2c1C(=O)CC(c1ccccc1)C2. The zero-order valence-corrected chi connectivity index (χ0v) is 17.7. The lowest BCUT2D eigenvalue weighted by atomic mass is 9.82. The molecule has 1 atom stereocenters. The van der Waals surface area contributed by atoms with Gasteiger partial charge in [-0.3, -0.25) is 4.79 Å². The van der Waals surface area contributed by atoms with E-state index >= 15 is 0 Å². The third-order valence-electron chi connectivity index (χ3n) is 6.17. The van der Waals surface area contributed by atoms with Gasteiger partial charge < -0.3 is 15.1 Å². The van der Waals surface area contributed by atoms with Crippen molar-refractivity contribution in [2.45, 2.75) is 18.8 Å². The van der Waals surface area contributed by atoms with E-state index in [2.05, 4.69) is 32.2 Å². The predicted molar refractivity (Wildman–Crippen MR) is 122 cm³/mol. The van der Waals surface area contributed by atoms with Gasteiger partial charge in [-0.25, -0.2) is 9.97 Å². The maximum atomic E-state index is 13.0. The zero-order valence-electron chi connectivity index (χ0n) is 17.7. The summed E-state index contributed by atoms with van der Waals surface area (Å²) in [5.74, 6) is 2.62. The molecule has 3 heterocycles. The molecule has 1 aromatic carbocycles. The highest BCUT2D eigenvalue weighted by atomic mass is 16.1. The van der Waals surface area contributed by atoms with E-state index < -0.39 is 0 Å². The lowest BCUT2D eigenvalue weighted by Crippen LogP contribution is -2.47. The minimum atomic E-state index is 0.117. The third-order valence-corrected chi connectivity index (χ3v) is 6.17. The maximum absolute atomic E-state index is 13.0. The molecule has 158 valence electrons. The van der Waals surface area contributed by atoms with Crippen LogP contribution in [0, 0.1) is 0 Å². The van der Waals surface area contributed by atoms with Crippen LogP contribution >= 0.6 is 0 Å². The van der Waals surface area contributed by atoms with Crippen molar-refractivity contribution in [2.75, 3.05) is 48.3 Å². The fraction of sp³-hybridized carbons (Fsp3) is 0.333. The van der Waals surface area contributed by atoms with E-state index in [-0.39, 0.29) is 11.7 Å². The minimum Gasteiger partial charge on any atom is -0.372 e. The Labute approximate surface area is 182 Å². The van der Waals surface area contributed by atoms with Crippen LogP contribution < -0.4 is 15.1 Å². The van der Waals surface area contributed by atoms with Gasteiger partial charge in [-0.1, -0.05) is 36.4 Å². The van der Waals surface area contributed by atoms with Crippen molar-refractivity contribution >= 4 is 23.4 Å². The van der Waals surface area contributed by atoms with Crippen LogP contribution in [0.4, 0.5) is 17.6 Å². The molecule has 1 N–H and O–H groups in total. The molecule has 1 aliphatic heterocycles. The van der Waals surface area contributed by atoms with Crippen molar-refractivity contribution in [3.63, 3.8) is 0 Å². The van der Waals surface area contributed by atoms with Crippen LogP contribution in [0.25, 0.3) is 0 Å². The normalized spacial score (nSPS) is 18.6. The van der Waals surface area contributed by atoms with Crippen LogP contribution in [0.5, 0.6) is 0 Å². The third kappa shape index (κ3) is 3.83. The molecule has 1 saturated heterocycles. The number of ketones is 1. The van der Waals surface area contributed by atoms with Gasteiger partial charge in [0.2, 0.25) is 5.95 Å². The lowest BCUT2D eigenvalue weighted by molar-refractivity contribution is 0.0963. The topological polar surface area (TPSA) is 74.2 Å². The molecule has 0 radical (unpaired) electrons. The average Bonchev–Trinajstić information content (AvgIpc) is 2.84. The van der Waals surface area contributed by atoms with Gasteiger partial charge in [-0.2, -0.15) is 4.98 Å². The number of piperazine rings is 1. The van der Waals surface area contributed by atoms with E-state index in [1.54, 1.807) is 0 Å². The summed E-state index contributed by atoms with van der Waals surface area (Å²) < 4.78 is 0. The van der Waals surface area contributed by atoms with Gasteiger partial charge in [0, 0.05) is 45.8 Å². The minimum absolute atomic E-state index is 0.117. The number of rotatable bonds is 4. The van der Waals surface area contributed by atoms with Crippen molar-refractivity contribution in [3.05, 3.63) is 71.5 Å². The van der Waals surface area contributed by atoms with Crippen molar-refractivity contribution in [3.8, 4) is 0 Å². The number of nitrogens with zero attached hydrogens (tertiary/aromatic N) is 5. The second-order valence-corrected chi connectivity index (χ2v) is 8.04. The fourth-order valence-electron chi connectivity index (χ4n) is 4.53. The molecule has 0 spiro atoms. The molecule has 7 heteroatoms. The molecule has 1 unspecified atom stereocenters. The molecule has 0 bridgehead atoms. The number of aromatic nitrogens is 3. The Balaban J connectivity index is 1.40. The summed E-state index contributed by atoms with van der Waals surface area (Å²) in [6, 6.07) is 16.2. The van der Waals surface area contributed by atoms with Crippen LogP contribution in [0.1, 0.15) is 34.0 Å². The molecule has 0 amide bonds. The van der Waals surface area contributed by atoms with Crippen molar-refractivity contribution in [1.82, 2.24) is 15.0 Å². The van der Waals surface area contributed by atoms with E-state index in [0.717, 1.165) is 44.1 Å². The summed E-state index contributed by atoms with van der Waals surface area (Å²) in [7, 11) is 1.82. The highest BCUT2D eigenvalue weighted by molar-refractivity contribution is 6.03. The number of hydrogen-bond donors (Lipinski definition) is 1. The van der Waals surface area contributed by atoms with Gasteiger partial charge in [0.05, 0.1) is 11.3 Å². The van der Waals surface area contributed by atoms with Gasteiger partial charge in [0.15, 0.2) is 5.78 Å². The summed E-state index contributed by atoms with van der Waals surface area (Å²) in [6.45, 7) is 3.35. The Morgan fingerprint density at radius 2 is 1.65 bits per heavy atom. The number of Topliss-reactive ketones (excluding diaryl/α,β-unsaturated/α-hetero) is 1. The first-order valence-corrected chi connectivity index (χ1v) is 10.8. The molecule has 7 nitrogen and oxygen atoms in total. The molecule has 31 heavy (non-hydrogen) atoms. The van der Waals surface area contributed by atoms with E-state index in [4.69, 9.17) is 9.97 Å². The summed E-state index contributed by atoms with van der Waals surface area (Å²) in [4.78, 5) is 31.5. The van der Waals surface area contributed by atoms with Gasteiger partial charge in [-0.05, 0) is 30.0 Å². The highest BCUT2D eigenvalue weighted by Gasteiger charge is 2.32. The second kappa shape index (κ2) is 8.34. The number of benzene rings is 1. The molecular weight excluding hydrogens is 388 g/mol. The number of pyridine rings is 1. The first-order chi connectivity index (χ1) is 15.2. The average molecular weight is 415 g/mol. The summed E-state index contributed by atoms with van der Waals surface area (Å²) in [5, 5.41) is 3.14. The summed E-state index contributed by atoms with van der Waals surface area (Å²) in [6.07, 6.45) is 3.08. The smallest absolute Gasteiger partial charge is 0.227 e. The Hall–Kier alpha value is -3.48. The number of nitrogens with one attached hydrogen (secondary N) is 1. The fourth-order valence-corrected chi connectivity index (χ4v) is 4.53. The first-order valence-electron chi connectivity index (χ1n) is 10.8. The largest absolute Gasteiger partial charge is 0.372 e. The Morgan fingerprint density at radius 3 is 2.35 bits per heavy atom. The Morgan fingerprint density at radius 1 is 0.903 bits per heavy atom. The van der Waals surface area contributed by atoms with E-state index in [0.29, 0.717) is 23.8 Å². The molecule has 2 aliphatic rings. The number of carbonyl (C=O) groups is 1. The van der Waals surface area contributed by atoms with Gasteiger partial charge in [0.25, 0.3) is 0 Å². The van der Waals surface area contributed by atoms with Crippen LogP contribution in [0.15, 0.2) is 54.7 Å². The molecule has 1 fully saturated rings. The molecule has 3 aromatic rings. The molecular formula is C24H26N6O. The first kappa shape index (κ1) is 19.5. The maximum Gasteiger partial charge on any atom is 0.227 e. The monoisotopic (exact) mass is 414 g/mol. The van der Waals surface area contributed by atoms with Crippen molar-refractivity contribution in [1.29, 1.82) is 0 Å². The second-order valence-electron chi connectivity index (χ2n) is 8.04. The standard InChI is InChI=1S/C24H26N6O/c1-25-23-22-19(15-18(16-20(22)31)17-7-3-2-4-8-17)27-24(28-23)30-13-11-29(12-14-30)21-9-5-6-10-26-21/h2-10,18H,11-16H2,1H3,(H,25,27,28). The molecule has 5 rings (SSSR count). The van der Waals surface area contributed by atoms with Crippen LogP contribution in [0.3, 0.4) is 0 Å². The van der Waals surface area contributed by atoms with E-state index in [9.17, 15) is 4.79 Å². The van der Waals surface area contributed by atoms with Gasteiger partial charge in [-0.15, -0.1) is 0 Å². The van der Waals surface area contributed by atoms with Crippen molar-refractivity contribution in [2.24, 2.45) is 0 Å². The number of fused-ring (bicyclic) bond motifs is 1. The Bertz CT molecular complexity index is 1060. The lowest BCUT2D eigenvalue weighted by Gasteiger charge is -2.36. The zero-order chi connectivity index (χ0) is 21.2. The van der Waals surface area contributed by atoms with Crippen LogP contribution in [-0.4, -0.2) is 54.0 Å². The van der Waals surface area contributed by atoms with E-state index in [1.807, 2.05) is 49.6 Å². The van der Waals surface area contributed by atoms with Crippen LogP contribution in [0.2, 0.25) is 0 Å². The number of anilines is 3. The van der Waals surface area contributed by atoms with Crippen LogP contribution in [-0.2, 0) is 6.42 Å². The number of hydrogen-bond acceptors (Lipinski definition) is 7. The van der Waals surface area contributed by atoms with Gasteiger partial charge >= 0.3 is 0 Å². The summed E-state index contributed by atoms with van der Waals surface area (Å²) >= 11 is 0.